The first-order chi connectivity index (χ1) is 12.8. The second-order valence-electron chi connectivity index (χ2n) is 6.80. The normalized spacial score (nSPS) is 16.4. The molecule has 2 heterocycles. The molecular formula is C19H19N3O4S. The first kappa shape index (κ1) is 17.5. The summed E-state index contributed by atoms with van der Waals surface area (Å²) in [5.41, 5.74) is 3.04. The van der Waals surface area contributed by atoms with E-state index in [0.717, 1.165) is 12.0 Å². The van der Waals surface area contributed by atoms with Gasteiger partial charge in [-0.3, -0.25) is 14.3 Å². The number of hydrogen-bond donors (Lipinski definition) is 2. The van der Waals surface area contributed by atoms with Gasteiger partial charge in [0.15, 0.2) is 0 Å². The minimum Gasteiger partial charge on any atom is -0.326 e. The number of nitrogens with zero attached hydrogens (tertiary/aromatic N) is 1. The zero-order valence-electron chi connectivity index (χ0n) is 14.8. The topological polar surface area (TPSA) is 95.6 Å². The SMILES string of the molecule is Cc1ccc(N2CCCC2=O)cc1S(=O)(=O)Nc1ccc2c(c1)CC(=O)N2. The molecule has 0 spiro atoms. The van der Waals surface area contributed by atoms with Crippen LogP contribution < -0.4 is 14.9 Å². The second-order valence-corrected chi connectivity index (χ2v) is 8.45. The molecule has 1 fully saturated rings. The minimum absolute atomic E-state index is 0.00551. The van der Waals surface area contributed by atoms with E-state index < -0.39 is 10.0 Å². The molecule has 8 heteroatoms. The van der Waals surface area contributed by atoms with Crippen LogP contribution in [0.3, 0.4) is 0 Å². The maximum Gasteiger partial charge on any atom is 0.262 e. The van der Waals surface area contributed by atoms with Gasteiger partial charge in [0.2, 0.25) is 11.8 Å². The Hall–Kier alpha value is -2.87. The Morgan fingerprint density at radius 1 is 1.11 bits per heavy atom. The molecule has 0 aliphatic carbocycles. The molecule has 2 N–H and O–H groups in total. The van der Waals surface area contributed by atoms with Crippen molar-refractivity contribution in [3.8, 4) is 0 Å². The molecule has 140 valence electrons. The van der Waals surface area contributed by atoms with E-state index in [4.69, 9.17) is 0 Å². The lowest BCUT2D eigenvalue weighted by molar-refractivity contribution is -0.117. The number of sulfonamides is 1. The summed E-state index contributed by atoms with van der Waals surface area (Å²) in [5, 5.41) is 2.72. The number of carbonyl (C=O) groups is 2. The van der Waals surface area contributed by atoms with E-state index in [1.165, 1.54) is 0 Å². The quantitative estimate of drug-likeness (QED) is 0.845. The Labute approximate surface area is 157 Å². The van der Waals surface area contributed by atoms with Crippen molar-refractivity contribution in [1.82, 2.24) is 0 Å². The van der Waals surface area contributed by atoms with Crippen molar-refractivity contribution in [2.75, 3.05) is 21.5 Å². The molecule has 27 heavy (non-hydrogen) atoms. The van der Waals surface area contributed by atoms with Crippen LogP contribution in [-0.2, 0) is 26.0 Å². The highest BCUT2D eigenvalue weighted by Crippen LogP contribution is 2.30. The van der Waals surface area contributed by atoms with E-state index >= 15 is 0 Å². The maximum atomic E-state index is 12.9. The molecule has 2 aliphatic rings. The molecular weight excluding hydrogens is 366 g/mol. The Morgan fingerprint density at radius 2 is 1.93 bits per heavy atom. The summed E-state index contributed by atoms with van der Waals surface area (Å²) in [6.45, 7) is 2.32. The van der Waals surface area contributed by atoms with Crippen molar-refractivity contribution in [1.29, 1.82) is 0 Å². The van der Waals surface area contributed by atoms with Gasteiger partial charge in [-0.2, -0.15) is 0 Å². The molecule has 0 atom stereocenters. The molecule has 2 aromatic rings. The number of hydrogen-bond acceptors (Lipinski definition) is 4. The number of rotatable bonds is 4. The fraction of sp³-hybridized carbons (Fsp3) is 0.263. The number of nitrogens with one attached hydrogen (secondary N) is 2. The molecule has 0 saturated carbocycles. The molecule has 0 unspecified atom stereocenters. The largest absolute Gasteiger partial charge is 0.326 e. The number of fused-ring (bicyclic) bond motifs is 1. The van der Waals surface area contributed by atoms with Gasteiger partial charge in [0.05, 0.1) is 11.3 Å². The Morgan fingerprint density at radius 3 is 2.67 bits per heavy atom. The smallest absolute Gasteiger partial charge is 0.262 e. The monoisotopic (exact) mass is 385 g/mol. The van der Waals surface area contributed by atoms with Crippen molar-refractivity contribution >= 4 is 38.9 Å². The van der Waals surface area contributed by atoms with Gasteiger partial charge in [0.25, 0.3) is 10.0 Å². The zero-order valence-corrected chi connectivity index (χ0v) is 15.6. The highest BCUT2D eigenvalue weighted by molar-refractivity contribution is 7.92. The zero-order chi connectivity index (χ0) is 19.2. The van der Waals surface area contributed by atoms with E-state index in [1.54, 1.807) is 48.2 Å². The average molecular weight is 385 g/mol. The fourth-order valence-corrected chi connectivity index (χ4v) is 4.79. The van der Waals surface area contributed by atoms with Crippen molar-refractivity contribution in [3.63, 3.8) is 0 Å². The minimum atomic E-state index is -3.84. The molecule has 4 rings (SSSR count). The number of benzene rings is 2. The first-order valence-corrected chi connectivity index (χ1v) is 10.2. The van der Waals surface area contributed by atoms with Crippen LogP contribution in [0, 0.1) is 6.92 Å². The lowest BCUT2D eigenvalue weighted by Gasteiger charge is -2.18. The standard InChI is InChI=1S/C19H19N3O4S/c1-12-4-6-15(22-8-2-3-19(22)24)11-17(12)27(25,26)21-14-5-7-16-13(9-14)10-18(23)20-16/h4-7,9,11,21H,2-3,8,10H2,1H3,(H,20,23). The van der Waals surface area contributed by atoms with Crippen molar-refractivity contribution in [3.05, 3.63) is 47.5 Å². The summed E-state index contributed by atoms with van der Waals surface area (Å²) < 4.78 is 28.5. The van der Waals surface area contributed by atoms with Crippen molar-refractivity contribution in [2.45, 2.75) is 31.1 Å². The third kappa shape index (κ3) is 3.28. The van der Waals surface area contributed by atoms with Gasteiger partial charge in [-0.15, -0.1) is 0 Å². The third-order valence-electron chi connectivity index (χ3n) is 4.83. The molecule has 2 amide bonds. The van der Waals surface area contributed by atoms with Crippen LogP contribution in [0.5, 0.6) is 0 Å². The highest BCUT2D eigenvalue weighted by Gasteiger charge is 2.25. The van der Waals surface area contributed by atoms with Crippen LogP contribution in [0.15, 0.2) is 41.3 Å². The molecule has 0 radical (unpaired) electrons. The van der Waals surface area contributed by atoms with Crippen LogP contribution in [0.25, 0.3) is 0 Å². The summed E-state index contributed by atoms with van der Waals surface area (Å²) >= 11 is 0. The van der Waals surface area contributed by atoms with Gasteiger partial charge >= 0.3 is 0 Å². The van der Waals surface area contributed by atoms with E-state index in [-0.39, 0.29) is 23.1 Å². The number of carbonyl (C=O) groups excluding carboxylic acids is 2. The summed E-state index contributed by atoms with van der Waals surface area (Å²) in [4.78, 5) is 25.2. The van der Waals surface area contributed by atoms with Gasteiger partial charge in [0.1, 0.15) is 0 Å². The number of aryl methyl sites for hydroxylation is 1. The van der Waals surface area contributed by atoms with E-state index in [0.29, 0.717) is 35.6 Å². The predicted octanol–water partition coefficient (Wildman–Crippen LogP) is 2.42. The summed E-state index contributed by atoms with van der Waals surface area (Å²) in [7, 11) is -3.84. The van der Waals surface area contributed by atoms with Crippen LogP contribution in [-0.4, -0.2) is 26.8 Å². The van der Waals surface area contributed by atoms with Gasteiger partial charge < -0.3 is 10.2 Å². The van der Waals surface area contributed by atoms with E-state index in [1.807, 2.05) is 0 Å². The molecule has 1 saturated heterocycles. The summed E-state index contributed by atoms with van der Waals surface area (Å²) in [6, 6.07) is 9.98. The summed E-state index contributed by atoms with van der Waals surface area (Å²) in [6.07, 6.45) is 1.49. The van der Waals surface area contributed by atoms with Crippen molar-refractivity contribution in [2.24, 2.45) is 0 Å². The van der Waals surface area contributed by atoms with Gasteiger partial charge in [-0.05, 0) is 54.8 Å². The highest BCUT2D eigenvalue weighted by atomic mass is 32.2. The Bertz CT molecular complexity index is 1060. The fourth-order valence-electron chi connectivity index (χ4n) is 3.47. The summed E-state index contributed by atoms with van der Waals surface area (Å²) in [5.74, 6) is -0.102. The lowest BCUT2D eigenvalue weighted by Crippen LogP contribution is -2.24. The number of amides is 2. The average Bonchev–Trinajstić information content (AvgIpc) is 3.19. The Balaban J connectivity index is 1.65. The number of anilines is 3. The van der Waals surface area contributed by atoms with E-state index in [2.05, 4.69) is 10.0 Å². The maximum absolute atomic E-state index is 12.9. The first-order valence-electron chi connectivity index (χ1n) is 8.70. The third-order valence-corrected chi connectivity index (χ3v) is 6.35. The molecule has 7 nitrogen and oxygen atoms in total. The molecule has 0 bridgehead atoms. The second kappa shape index (κ2) is 6.38. The van der Waals surface area contributed by atoms with Gasteiger partial charge in [-0.1, -0.05) is 6.07 Å². The molecule has 2 aromatic carbocycles. The van der Waals surface area contributed by atoms with E-state index in [9.17, 15) is 18.0 Å². The Kier molecular flexibility index (Phi) is 4.15. The van der Waals surface area contributed by atoms with Crippen LogP contribution in [0.4, 0.5) is 17.1 Å². The predicted molar refractivity (Wildman–Crippen MR) is 102 cm³/mol. The van der Waals surface area contributed by atoms with Crippen molar-refractivity contribution < 1.29 is 18.0 Å². The van der Waals surface area contributed by atoms with Crippen LogP contribution in [0.1, 0.15) is 24.0 Å². The molecule has 2 aliphatic heterocycles. The lowest BCUT2D eigenvalue weighted by atomic mass is 10.1. The van der Waals surface area contributed by atoms with Crippen LogP contribution >= 0.6 is 0 Å². The molecule has 0 aromatic heterocycles. The van der Waals surface area contributed by atoms with Gasteiger partial charge in [-0.25, -0.2) is 8.42 Å². The van der Waals surface area contributed by atoms with Crippen LogP contribution in [0.2, 0.25) is 0 Å². The van der Waals surface area contributed by atoms with Gasteiger partial charge in [0, 0.05) is 30.0 Å².